The summed E-state index contributed by atoms with van der Waals surface area (Å²) in [6, 6.07) is 4.06. The first-order valence-electron chi connectivity index (χ1n) is 7.37. The lowest BCUT2D eigenvalue weighted by molar-refractivity contribution is 0.1000. The number of anilines is 1. The van der Waals surface area contributed by atoms with Gasteiger partial charge in [0.25, 0.3) is 0 Å². The molecular formula is C15H24N4O. The Morgan fingerprint density at radius 1 is 1.55 bits per heavy atom. The average molecular weight is 276 g/mol. The van der Waals surface area contributed by atoms with Gasteiger partial charge in [-0.25, -0.2) is 4.98 Å². The van der Waals surface area contributed by atoms with E-state index < -0.39 is 5.91 Å². The number of rotatable bonds is 6. The van der Waals surface area contributed by atoms with Crippen molar-refractivity contribution in [1.82, 2.24) is 10.3 Å². The number of aryl methyl sites for hydroxylation is 1. The Kier molecular flexibility index (Phi) is 4.95. The highest BCUT2D eigenvalue weighted by atomic mass is 16.1. The van der Waals surface area contributed by atoms with Gasteiger partial charge in [0.05, 0.1) is 0 Å². The number of hydrogen-bond donors (Lipinski definition) is 2. The number of primary amides is 1. The largest absolute Gasteiger partial charge is 0.366 e. The van der Waals surface area contributed by atoms with E-state index in [0.717, 1.165) is 37.6 Å². The Balaban J connectivity index is 2.20. The van der Waals surface area contributed by atoms with Crippen LogP contribution in [0.1, 0.15) is 42.2 Å². The van der Waals surface area contributed by atoms with Crippen molar-refractivity contribution in [2.24, 2.45) is 5.73 Å². The van der Waals surface area contributed by atoms with Crippen molar-refractivity contribution in [2.45, 2.75) is 39.2 Å². The molecule has 2 rings (SSSR count). The Morgan fingerprint density at radius 2 is 2.35 bits per heavy atom. The molecule has 2 heterocycles. The molecule has 1 aliphatic heterocycles. The van der Waals surface area contributed by atoms with Crippen molar-refractivity contribution >= 4 is 11.7 Å². The molecule has 1 amide bonds. The molecule has 0 aliphatic carbocycles. The van der Waals surface area contributed by atoms with E-state index in [1.807, 2.05) is 6.92 Å². The van der Waals surface area contributed by atoms with Crippen molar-refractivity contribution in [3.05, 3.63) is 23.4 Å². The summed E-state index contributed by atoms with van der Waals surface area (Å²) in [5.74, 6) is 0.460. The average Bonchev–Trinajstić information content (AvgIpc) is 2.90. The molecule has 1 unspecified atom stereocenters. The minimum Gasteiger partial charge on any atom is -0.366 e. The summed E-state index contributed by atoms with van der Waals surface area (Å²) in [5, 5.41) is 3.51. The van der Waals surface area contributed by atoms with E-state index in [-0.39, 0.29) is 0 Å². The lowest BCUT2D eigenvalue weighted by Crippen LogP contribution is -2.38. The molecule has 0 saturated carbocycles. The van der Waals surface area contributed by atoms with Gasteiger partial charge in [-0.15, -0.1) is 0 Å². The molecule has 0 bridgehead atoms. The standard InChI is InChI=1S/C15H24N4O/c1-3-7-19(10-13-5-4-6-17-13)14-9-12(15(16)20)8-11(2)18-14/h8-9,13,17H,3-7,10H2,1-2H3,(H2,16,20). The fraction of sp³-hybridized carbons (Fsp3) is 0.600. The third-order valence-corrected chi connectivity index (χ3v) is 3.65. The minimum atomic E-state index is -0.396. The molecule has 3 N–H and O–H groups in total. The van der Waals surface area contributed by atoms with Gasteiger partial charge in [-0.1, -0.05) is 6.92 Å². The van der Waals surface area contributed by atoms with Gasteiger partial charge in [0.15, 0.2) is 0 Å². The summed E-state index contributed by atoms with van der Waals surface area (Å²) >= 11 is 0. The lowest BCUT2D eigenvalue weighted by atomic mass is 10.2. The number of nitrogens with two attached hydrogens (primary N) is 1. The normalized spacial score (nSPS) is 18.2. The zero-order valence-corrected chi connectivity index (χ0v) is 12.4. The Morgan fingerprint density at radius 3 is 2.95 bits per heavy atom. The maximum Gasteiger partial charge on any atom is 0.248 e. The van der Waals surface area contributed by atoms with E-state index in [9.17, 15) is 4.79 Å². The molecular weight excluding hydrogens is 252 g/mol. The number of aromatic nitrogens is 1. The van der Waals surface area contributed by atoms with Crippen LogP contribution in [0, 0.1) is 6.92 Å². The third-order valence-electron chi connectivity index (χ3n) is 3.65. The highest BCUT2D eigenvalue weighted by Crippen LogP contribution is 2.17. The van der Waals surface area contributed by atoms with Gasteiger partial charge in [0.2, 0.25) is 5.91 Å². The van der Waals surface area contributed by atoms with Crippen LogP contribution in [-0.2, 0) is 0 Å². The first-order chi connectivity index (χ1) is 9.60. The van der Waals surface area contributed by atoms with Crippen LogP contribution in [-0.4, -0.2) is 36.6 Å². The molecule has 1 saturated heterocycles. The van der Waals surface area contributed by atoms with Gasteiger partial charge in [-0.3, -0.25) is 4.79 Å². The third kappa shape index (κ3) is 3.70. The number of carbonyl (C=O) groups excluding carboxylic acids is 1. The van der Waals surface area contributed by atoms with Crippen molar-refractivity contribution in [3.8, 4) is 0 Å². The summed E-state index contributed by atoms with van der Waals surface area (Å²) in [7, 11) is 0. The van der Waals surface area contributed by atoms with E-state index >= 15 is 0 Å². The predicted molar refractivity (Wildman–Crippen MR) is 81.0 cm³/mol. The highest BCUT2D eigenvalue weighted by molar-refractivity contribution is 5.93. The van der Waals surface area contributed by atoms with Gasteiger partial charge >= 0.3 is 0 Å². The molecule has 0 aromatic carbocycles. The van der Waals surface area contributed by atoms with E-state index in [4.69, 9.17) is 5.73 Å². The Hall–Kier alpha value is -1.62. The van der Waals surface area contributed by atoms with Crippen molar-refractivity contribution < 1.29 is 4.79 Å². The highest BCUT2D eigenvalue weighted by Gasteiger charge is 2.19. The lowest BCUT2D eigenvalue weighted by Gasteiger charge is -2.27. The van der Waals surface area contributed by atoms with Crippen LogP contribution in [0.5, 0.6) is 0 Å². The van der Waals surface area contributed by atoms with Crippen LogP contribution in [0.2, 0.25) is 0 Å². The maximum absolute atomic E-state index is 11.4. The summed E-state index contributed by atoms with van der Waals surface area (Å²) in [5.41, 5.74) is 6.76. The van der Waals surface area contributed by atoms with E-state index in [1.54, 1.807) is 12.1 Å². The smallest absolute Gasteiger partial charge is 0.248 e. The Bertz CT molecular complexity index is 469. The fourth-order valence-electron chi connectivity index (χ4n) is 2.70. The summed E-state index contributed by atoms with van der Waals surface area (Å²) in [4.78, 5) is 18.2. The van der Waals surface area contributed by atoms with Gasteiger partial charge in [-0.2, -0.15) is 0 Å². The topological polar surface area (TPSA) is 71.2 Å². The molecule has 20 heavy (non-hydrogen) atoms. The molecule has 1 aliphatic rings. The SMILES string of the molecule is CCCN(CC1CCCN1)c1cc(C(N)=O)cc(C)n1. The van der Waals surface area contributed by atoms with Crippen LogP contribution >= 0.6 is 0 Å². The zero-order valence-electron chi connectivity index (χ0n) is 12.4. The maximum atomic E-state index is 11.4. The number of hydrogen-bond acceptors (Lipinski definition) is 4. The monoisotopic (exact) mass is 276 g/mol. The zero-order chi connectivity index (χ0) is 14.5. The summed E-state index contributed by atoms with van der Waals surface area (Å²) in [6.45, 7) is 7.02. The van der Waals surface area contributed by atoms with Gasteiger partial charge in [-0.05, 0) is 44.9 Å². The molecule has 0 spiro atoms. The minimum absolute atomic E-state index is 0.396. The number of carbonyl (C=O) groups is 1. The fourth-order valence-corrected chi connectivity index (χ4v) is 2.70. The van der Waals surface area contributed by atoms with E-state index in [2.05, 4.69) is 22.1 Å². The van der Waals surface area contributed by atoms with Crippen molar-refractivity contribution in [2.75, 3.05) is 24.5 Å². The first kappa shape index (κ1) is 14.8. The van der Waals surface area contributed by atoms with Crippen LogP contribution in [0.3, 0.4) is 0 Å². The second-order valence-electron chi connectivity index (χ2n) is 5.46. The number of amides is 1. The molecule has 5 nitrogen and oxygen atoms in total. The summed E-state index contributed by atoms with van der Waals surface area (Å²) in [6.07, 6.45) is 3.49. The van der Waals surface area contributed by atoms with Crippen LogP contribution in [0.15, 0.2) is 12.1 Å². The van der Waals surface area contributed by atoms with Gasteiger partial charge in [0, 0.05) is 30.4 Å². The number of pyridine rings is 1. The molecule has 1 atom stereocenters. The molecule has 110 valence electrons. The second kappa shape index (κ2) is 6.70. The quantitative estimate of drug-likeness (QED) is 0.825. The molecule has 5 heteroatoms. The Labute approximate surface area is 120 Å². The number of nitrogens with one attached hydrogen (secondary N) is 1. The van der Waals surface area contributed by atoms with E-state index in [1.165, 1.54) is 12.8 Å². The van der Waals surface area contributed by atoms with Crippen LogP contribution < -0.4 is 16.0 Å². The van der Waals surface area contributed by atoms with Gasteiger partial charge < -0.3 is 16.0 Å². The summed E-state index contributed by atoms with van der Waals surface area (Å²) < 4.78 is 0. The molecule has 1 fully saturated rings. The van der Waals surface area contributed by atoms with Crippen molar-refractivity contribution in [3.63, 3.8) is 0 Å². The molecule has 1 aromatic rings. The van der Waals surface area contributed by atoms with E-state index in [0.29, 0.717) is 11.6 Å². The molecule has 1 aromatic heterocycles. The van der Waals surface area contributed by atoms with Crippen LogP contribution in [0.25, 0.3) is 0 Å². The van der Waals surface area contributed by atoms with Gasteiger partial charge in [0.1, 0.15) is 5.82 Å². The first-order valence-corrected chi connectivity index (χ1v) is 7.37. The molecule has 0 radical (unpaired) electrons. The predicted octanol–water partition coefficient (Wildman–Crippen LogP) is 1.46. The second-order valence-corrected chi connectivity index (χ2v) is 5.46. The number of nitrogens with zero attached hydrogens (tertiary/aromatic N) is 2. The van der Waals surface area contributed by atoms with Crippen molar-refractivity contribution in [1.29, 1.82) is 0 Å². The van der Waals surface area contributed by atoms with Crippen LogP contribution in [0.4, 0.5) is 5.82 Å².